The molecule has 1 saturated heterocycles. The van der Waals surface area contributed by atoms with Crippen LogP contribution in [0.4, 0.5) is 5.69 Å². The molecule has 2 aromatic carbocycles. The number of carbonyl (C=O) groups is 3. The van der Waals surface area contributed by atoms with Crippen molar-refractivity contribution >= 4 is 23.5 Å². The summed E-state index contributed by atoms with van der Waals surface area (Å²) in [6.45, 7) is 6.08. The highest BCUT2D eigenvalue weighted by Gasteiger charge is 2.67. The Morgan fingerprint density at radius 1 is 0.939 bits per heavy atom. The van der Waals surface area contributed by atoms with Gasteiger partial charge in [0.1, 0.15) is 5.75 Å². The highest BCUT2D eigenvalue weighted by molar-refractivity contribution is 6.22. The number of hydrogen-bond acceptors (Lipinski definition) is 4. The number of esters is 1. The Hall–Kier alpha value is -3.21. The summed E-state index contributed by atoms with van der Waals surface area (Å²) in [5.74, 6) is 1.25. The van der Waals surface area contributed by atoms with Gasteiger partial charge in [-0.3, -0.25) is 14.5 Å². The molecule has 33 heavy (non-hydrogen) atoms. The predicted octanol–water partition coefficient (Wildman–Crippen LogP) is 4.90. The summed E-state index contributed by atoms with van der Waals surface area (Å²) in [7, 11) is 0. The van der Waals surface area contributed by atoms with Crippen molar-refractivity contribution in [2.24, 2.45) is 35.5 Å². The molecule has 0 spiro atoms. The second-order valence-corrected chi connectivity index (χ2v) is 10.3. The maximum atomic E-state index is 13.3. The molecular formula is C28H27NO4. The normalized spacial score (nSPS) is 31.1. The topological polar surface area (TPSA) is 63.7 Å². The Kier molecular flexibility index (Phi) is 4.42. The summed E-state index contributed by atoms with van der Waals surface area (Å²) < 4.78 is 5.72. The molecule has 1 heterocycles. The van der Waals surface area contributed by atoms with Gasteiger partial charge in [-0.05, 0) is 84.4 Å². The van der Waals surface area contributed by atoms with E-state index in [1.165, 1.54) is 4.90 Å². The van der Waals surface area contributed by atoms with E-state index in [0.717, 1.165) is 17.5 Å². The van der Waals surface area contributed by atoms with Crippen LogP contribution in [-0.4, -0.2) is 17.8 Å². The molecule has 0 radical (unpaired) electrons. The molecule has 5 aliphatic rings. The Labute approximate surface area is 193 Å². The van der Waals surface area contributed by atoms with Crippen LogP contribution >= 0.6 is 0 Å². The Morgan fingerprint density at radius 3 is 2.12 bits per heavy atom. The molecule has 2 saturated carbocycles. The van der Waals surface area contributed by atoms with Gasteiger partial charge in [-0.15, -0.1) is 0 Å². The number of aryl methyl sites for hydroxylation is 1. The number of nitrogens with zero attached hydrogens (tertiary/aromatic N) is 1. The maximum absolute atomic E-state index is 13.3. The lowest BCUT2D eigenvalue weighted by molar-refractivity contribution is -0.124. The van der Waals surface area contributed by atoms with E-state index in [4.69, 9.17) is 4.74 Å². The Balaban J connectivity index is 1.23. The number of rotatable bonds is 4. The van der Waals surface area contributed by atoms with Crippen LogP contribution < -0.4 is 9.64 Å². The van der Waals surface area contributed by atoms with Gasteiger partial charge in [-0.25, -0.2) is 4.79 Å². The van der Waals surface area contributed by atoms with Crippen LogP contribution in [0.2, 0.25) is 0 Å². The second kappa shape index (κ2) is 7.14. The molecule has 4 aliphatic carbocycles. The number of ether oxygens (including phenoxy) is 1. The van der Waals surface area contributed by atoms with E-state index in [0.29, 0.717) is 28.8 Å². The molecule has 0 unspecified atom stereocenters. The molecule has 1 aliphatic heterocycles. The number of anilines is 1. The van der Waals surface area contributed by atoms with Gasteiger partial charge in [0.2, 0.25) is 11.8 Å². The van der Waals surface area contributed by atoms with E-state index in [1.54, 1.807) is 24.3 Å². The maximum Gasteiger partial charge on any atom is 0.343 e. The SMILES string of the molecule is Cc1ccc(C(C)C)c(OC(=O)c2ccc(N3C(=O)[C@@H]4[C@H]5C=C[C@@H]([C@@H]6C[C@H]56)[C@H]4C3=O)cc2)c1. The van der Waals surface area contributed by atoms with Crippen molar-refractivity contribution in [2.75, 3.05) is 4.90 Å². The third kappa shape index (κ3) is 3.01. The zero-order valence-electron chi connectivity index (χ0n) is 19.0. The van der Waals surface area contributed by atoms with Crippen molar-refractivity contribution < 1.29 is 19.1 Å². The Bertz CT molecular complexity index is 1170. The lowest BCUT2D eigenvalue weighted by atomic mass is 9.63. The van der Waals surface area contributed by atoms with Crippen LogP contribution in [0, 0.1) is 42.4 Å². The van der Waals surface area contributed by atoms with Crippen LogP contribution in [0.15, 0.2) is 54.6 Å². The molecule has 3 fully saturated rings. The first kappa shape index (κ1) is 20.4. The van der Waals surface area contributed by atoms with Gasteiger partial charge in [0, 0.05) is 0 Å². The summed E-state index contributed by atoms with van der Waals surface area (Å²) in [6, 6.07) is 12.5. The number of amides is 2. The minimum atomic E-state index is -0.455. The molecule has 5 nitrogen and oxygen atoms in total. The van der Waals surface area contributed by atoms with Crippen molar-refractivity contribution in [3.05, 3.63) is 71.3 Å². The van der Waals surface area contributed by atoms with E-state index < -0.39 is 5.97 Å². The number of allylic oxidation sites excluding steroid dienone is 2. The largest absolute Gasteiger partial charge is 0.423 e. The number of carbonyl (C=O) groups excluding carboxylic acids is 3. The molecule has 2 amide bonds. The smallest absolute Gasteiger partial charge is 0.343 e. The number of benzene rings is 2. The molecule has 6 atom stereocenters. The summed E-state index contributed by atoms with van der Waals surface area (Å²) >= 11 is 0. The number of hydrogen-bond donors (Lipinski definition) is 0. The first-order valence-electron chi connectivity index (χ1n) is 11.8. The quantitative estimate of drug-likeness (QED) is 0.293. The van der Waals surface area contributed by atoms with E-state index in [-0.39, 0.29) is 41.4 Å². The highest BCUT2D eigenvalue weighted by atomic mass is 16.5. The molecule has 2 aromatic rings. The fraction of sp³-hybridized carbons (Fsp3) is 0.393. The van der Waals surface area contributed by atoms with Gasteiger partial charge in [0.15, 0.2) is 0 Å². The minimum Gasteiger partial charge on any atom is -0.423 e. The van der Waals surface area contributed by atoms with Gasteiger partial charge in [0.25, 0.3) is 0 Å². The van der Waals surface area contributed by atoms with Crippen molar-refractivity contribution in [3.63, 3.8) is 0 Å². The third-order valence-corrected chi connectivity index (χ3v) is 8.02. The van der Waals surface area contributed by atoms with Gasteiger partial charge in [0.05, 0.1) is 23.1 Å². The van der Waals surface area contributed by atoms with E-state index in [1.807, 2.05) is 25.1 Å². The van der Waals surface area contributed by atoms with Crippen LogP contribution in [0.3, 0.4) is 0 Å². The second-order valence-electron chi connectivity index (χ2n) is 10.3. The molecule has 7 rings (SSSR count). The standard InChI is InChI=1S/C28H27NO4/c1-14(2)18-9-4-15(3)12-23(18)33-28(32)16-5-7-17(8-6-16)29-26(30)24-19-10-11-20(22-13-21(19)22)25(24)27(29)31/h4-12,14,19-22,24-25H,13H2,1-3H3/t19-,20-,21-,22+,24+,25+/m0/s1. The molecule has 168 valence electrons. The minimum absolute atomic E-state index is 0.0913. The van der Waals surface area contributed by atoms with Crippen LogP contribution in [0.1, 0.15) is 47.7 Å². The summed E-state index contributed by atoms with van der Waals surface area (Å²) in [6.07, 6.45) is 5.49. The van der Waals surface area contributed by atoms with Gasteiger partial charge in [-0.1, -0.05) is 38.1 Å². The van der Waals surface area contributed by atoms with Crippen LogP contribution in [0.25, 0.3) is 0 Å². The first-order valence-corrected chi connectivity index (χ1v) is 11.8. The zero-order valence-corrected chi connectivity index (χ0v) is 19.0. The zero-order chi connectivity index (χ0) is 23.0. The predicted molar refractivity (Wildman–Crippen MR) is 124 cm³/mol. The lowest BCUT2D eigenvalue weighted by Gasteiger charge is -2.37. The summed E-state index contributed by atoms with van der Waals surface area (Å²) in [5.41, 5.74) is 2.91. The lowest BCUT2D eigenvalue weighted by Crippen LogP contribution is -2.40. The van der Waals surface area contributed by atoms with Gasteiger partial charge >= 0.3 is 5.97 Å². The fourth-order valence-corrected chi connectivity index (χ4v) is 6.32. The Morgan fingerprint density at radius 2 is 1.55 bits per heavy atom. The van der Waals surface area contributed by atoms with Crippen molar-refractivity contribution in [3.8, 4) is 5.75 Å². The van der Waals surface area contributed by atoms with Crippen molar-refractivity contribution in [2.45, 2.75) is 33.1 Å². The molecule has 2 bridgehead atoms. The fourth-order valence-electron chi connectivity index (χ4n) is 6.32. The van der Waals surface area contributed by atoms with Crippen molar-refractivity contribution in [1.29, 1.82) is 0 Å². The monoisotopic (exact) mass is 441 g/mol. The van der Waals surface area contributed by atoms with Crippen LogP contribution in [0.5, 0.6) is 5.75 Å². The van der Waals surface area contributed by atoms with Crippen LogP contribution in [-0.2, 0) is 9.59 Å². The van der Waals surface area contributed by atoms with E-state index >= 15 is 0 Å². The third-order valence-electron chi connectivity index (χ3n) is 8.02. The highest BCUT2D eigenvalue weighted by Crippen LogP contribution is 2.65. The summed E-state index contributed by atoms with van der Waals surface area (Å²) in [5, 5.41) is 0. The average Bonchev–Trinajstić information content (AvgIpc) is 3.57. The van der Waals surface area contributed by atoms with Gasteiger partial charge < -0.3 is 4.74 Å². The molecule has 0 aromatic heterocycles. The molecule has 0 N–H and O–H groups in total. The van der Waals surface area contributed by atoms with Gasteiger partial charge in [-0.2, -0.15) is 0 Å². The molecule has 5 heteroatoms. The first-order chi connectivity index (χ1) is 15.8. The van der Waals surface area contributed by atoms with Crippen molar-refractivity contribution in [1.82, 2.24) is 0 Å². The summed E-state index contributed by atoms with van der Waals surface area (Å²) in [4.78, 5) is 40.7. The van der Waals surface area contributed by atoms with E-state index in [2.05, 4.69) is 26.0 Å². The molecular weight excluding hydrogens is 414 g/mol. The van der Waals surface area contributed by atoms with E-state index in [9.17, 15) is 14.4 Å². The average molecular weight is 442 g/mol. The number of imide groups is 1.